The number of ether oxygens (including phenoxy) is 1. The quantitative estimate of drug-likeness (QED) is 0.779. The summed E-state index contributed by atoms with van der Waals surface area (Å²) in [5.41, 5.74) is 0.878. The van der Waals surface area contributed by atoms with Crippen molar-refractivity contribution in [2.75, 3.05) is 13.1 Å². The zero-order valence-electron chi connectivity index (χ0n) is 18.5. The Bertz CT molecular complexity index is 761. The first kappa shape index (κ1) is 21.2. The predicted octanol–water partition coefficient (Wildman–Crippen LogP) is 4.41. The zero-order chi connectivity index (χ0) is 21.1. The van der Waals surface area contributed by atoms with E-state index in [-0.39, 0.29) is 23.5 Å². The van der Waals surface area contributed by atoms with Gasteiger partial charge in [-0.3, -0.25) is 9.59 Å². The highest BCUT2D eigenvalue weighted by Crippen LogP contribution is 2.46. The van der Waals surface area contributed by atoms with Gasteiger partial charge in [0.15, 0.2) is 0 Å². The van der Waals surface area contributed by atoms with Gasteiger partial charge in [0.1, 0.15) is 11.4 Å². The van der Waals surface area contributed by atoms with Crippen molar-refractivity contribution in [2.24, 2.45) is 5.92 Å². The smallest absolute Gasteiger partial charge is 0.222 e. The van der Waals surface area contributed by atoms with Crippen molar-refractivity contribution in [3.63, 3.8) is 0 Å². The molecule has 1 saturated carbocycles. The van der Waals surface area contributed by atoms with E-state index in [4.69, 9.17) is 4.74 Å². The molecule has 1 aromatic carbocycles. The van der Waals surface area contributed by atoms with Gasteiger partial charge in [0.25, 0.3) is 0 Å². The molecule has 0 aromatic heterocycles. The van der Waals surface area contributed by atoms with Crippen LogP contribution in [0.2, 0.25) is 0 Å². The molecule has 1 atom stereocenters. The molecule has 164 valence electrons. The van der Waals surface area contributed by atoms with E-state index >= 15 is 0 Å². The van der Waals surface area contributed by atoms with Gasteiger partial charge >= 0.3 is 0 Å². The topological polar surface area (TPSA) is 58.6 Å². The maximum Gasteiger partial charge on any atom is 0.222 e. The predicted molar refractivity (Wildman–Crippen MR) is 117 cm³/mol. The van der Waals surface area contributed by atoms with E-state index in [1.165, 1.54) is 25.7 Å². The van der Waals surface area contributed by atoms with Crippen LogP contribution in [0, 0.1) is 5.92 Å². The highest BCUT2D eigenvalue weighted by Gasteiger charge is 2.44. The highest BCUT2D eigenvalue weighted by molar-refractivity contribution is 5.77. The van der Waals surface area contributed by atoms with E-state index in [2.05, 4.69) is 11.4 Å². The lowest BCUT2D eigenvalue weighted by molar-refractivity contribution is -0.136. The van der Waals surface area contributed by atoms with E-state index in [0.29, 0.717) is 24.7 Å². The summed E-state index contributed by atoms with van der Waals surface area (Å²) >= 11 is 0. The third kappa shape index (κ3) is 4.81. The third-order valence-electron chi connectivity index (χ3n) is 7.15. The van der Waals surface area contributed by atoms with Crippen LogP contribution >= 0.6 is 0 Å². The molecule has 0 unspecified atom stereocenters. The first-order valence-corrected chi connectivity index (χ1v) is 11.8. The largest absolute Gasteiger partial charge is 0.487 e. The Morgan fingerprint density at radius 3 is 2.53 bits per heavy atom. The second-order valence-electron chi connectivity index (χ2n) is 9.89. The van der Waals surface area contributed by atoms with Gasteiger partial charge in [-0.05, 0) is 50.7 Å². The van der Waals surface area contributed by atoms with Gasteiger partial charge in [0, 0.05) is 50.7 Å². The molecule has 2 amide bonds. The SMILES string of the molecule is CC(C)NC(=O)C[C@@H]1CC2(CCN(C(=O)CC3CCCC3)CC2)Oc2ccccc21. The first-order chi connectivity index (χ1) is 14.4. The lowest BCUT2D eigenvalue weighted by Crippen LogP contribution is -2.52. The number of carbonyl (C=O) groups excluding carboxylic acids is 2. The molecule has 2 aliphatic heterocycles. The monoisotopic (exact) mass is 412 g/mol. The molecule has 30 heavy (non-hydrogen) atoms. The van der Waals surface area contributed by atoms with Crippen LogP contribution in [0.1, 0.15) is 83.1 Å². The van der Waals surface area contributed by atoms with Crippen molar-refractivity contribution in [3.8, 4) is 5.75 Å². The van der Waals surface area contributed by atoms with Crippen molar-refractivity contribution in [1.82, 2.24) is 10.2 Å². The van der Waals surface area contributed by atoms with Gasteiger partial charge in [-0.25, -0.2) is 0 Å². The van der Waals surface area contributed by atoms with Crippen LogP contribution in [0.4, 0.5) is 0 Å². The summed E-state index contributed by atoms with van der Waals surface area (Å²) in [6.45, 7) is 5.52. The van der Waals surface area contributed by atoms with Gasteiger partial charge in [-0.2, -0.15) is 0 Å². The molecule has 5 heteroatoms. The van der Waals surface area contributed by atoms with E-state index in [0.717, 1.165) is 43.7 Å². The number of fused-ring (bicyclic) bond motifs is 1. The molecule has 1 N–H and O–H groups in total. The van der Waals surface area contributed by atoms with Gasteiger partial charge in [0.05, 0.1) is 0 Å². The molecule has 3 aliphatic rings. The fourth-order valence-electron chi connectivity index (χ4n) is 5.59. The lowest BCUT2D eigenvalue weighted by atomic mass is 9.76. The number of para-hydroxylation sites is 1. The van der Waals surface area contributed by atoms with E-state index < -0.39 is 0 Å². The number of hydrogen-bond acceptors (Lipinski definition) is 3. The Labute approximate surface area is 180 Å². The molecule has 2 fully saturated rings. The second-order valence-corrected chi connectivity index (χ2v) is 9.89. The van der Waals surface area contributed by atoms with E-state index in [1.54, 1.807) is 0 Å². The molecule has 1 spiro atoms. The Balaban J connectivity index is 1.41. The minimum Gasteiger partial charge on any atom is -0.487 e. The van der Waals surface area contributed by atoms with Gasteiger partial charge in [-0.1, -0.05) is 31.0 Å². The number of amides is 2. The Morgan fingerprint density at radius 2 is 1.83 bits per heavy atom. The first-order valence-electron chi connectivity index (χ1n) is 11.8. The van der Waals surface area contributed by atoms with Gasteiger partial charge in [0.2, 0.25) is 11.8 Å². The summed E-state index contributed by atoms with van der Waals surface area (Å²) in [6.07, 6.45) is 8.73. The fourth-order valence-corrected chi connectivity index (χ4v) is 5.59. The van der Waals surface area contributed by atoms with Crippen molar-refractivity contribution in [1.29, 1.82) is 0 Å². The number of benzene rings is 1. The lowest BCUT2D eigenvalue weighted by Gasteiger charge is -2.47. The highest BCUT2D eigenvalue weighted by atomic mass is 16.5. The minimum absolute atomic E-state index is 0.103. The molecule has 1 aliphatic carbocycles. The Morgan fingerprint density at radius 1 is 1.13 bits per heavy atom. The van der Waals surface area contributed by atoms with Crippen molar-refractivity contribution in [3.05, 3.63) is 29.8 Å². The second kappa shape index (κ2) is 8.99. The van der Waals surface area contributed by atoms with Crippen LogP contribution in [0.15, 0.2) is 24.3 Å². The average Bonchev–Trinajstić information content (AvgIpc) is 3.21. The number of likely N-dealkylation sites (tertiary alicyclic amines) is 1. The normalized spacial score (nSPS) is 23.3. The number of rotatable bonds is 5. The van der Waals surface area contributed by atoms with Crippen LogP contribution in [0.25, 0.3) is 0 Å². The van der Waals surface area contributed by atoms with Crippen LogP contribution in [0.5, 0.6) is 5.75 Å². The molecule has 4 rings (SSSR count). The maximum absolute atomic E-state index is 12.8. The van der Waals surface area contributed by atoms with Crippen LogP contribution in [0.3, 0.4) is 0 Å². The molecule has 0 bridgehead atoms. The van der Waals surface area contributed by atoms with Gasteiger partial charge in [-0.15, -0.1) is 0 Å². The van der Waals surface area contributed by atoms with Crippen LogP contribution < -0.4 is 10.1 Å². The molecular weight excluding hydrogens is 376 g/mol. The van der Waals surface area contributed by atoms with Crippen LogP contribution in [-0.2, 0) is 9.59 Å². The van der Waals surface area contributed by atoms with Crippen molar-refractivity contribution >= 4 is 11.8 Å². The zero-order valence-corrected chi connectivity index (χ0v) is 18.5. The molecular formula is C25H36N2O3. The number of nitrogens with zero attached hydrogens (tertiary/aromatic N) is 1. The number of piperidine rings is 1. The summed E-state index contributed by atoms with van der Waals surface area (Å²) in [4.78, 5) is 27.3. The third-order valence-corrected chi connectivity index (χ3v) is 7.15. The van der Waals surface area contributed by atoms with E-state index in [9.17, 15) is 9.59 Å². The molecule has 1 aromatic rings. The molecule has 2 heterocycles. The fraction of sp³-hybridized carbons (Fsp3) is 0.680. The Hall–Kier alpha value is -2.04. The average molecular weight is 413 g/mol. The standard InChI is InChI=1S/C25H36N2O3/c1-18(2)26-23(28)16-20-17-25(30-22-10-6-5-9-21(20)22)11-13-27(14-12-25)24(29)15-19-7-3-4-8-19/h5-6,9-10,18-20H,3-4,7-8,11-17H2,1-2H3,(H,26,28)/t20-/m1/s1. The van der Waals surface area contributed by atoms with Crippen molar-refractivity contribution < 1.29 is 14.3 Å². The van der Waals surface area contributed by atoms with Gasteiger partial charge < -0.3 is 15.0 Å². The summed E-state index contributed by atoms with van der Waals surface area (Å²) in [6, 6.07) is 8.30. The maximum atomic E-state index is 12.8. The number of carbonyl (C=O) groups is 2. The molecule has 1 saturated heterocycles. The summed E-state index contributed by atoms with van der Waals surface area (Å²) in [5.74, 6) is 2.09. The Kier molecular flexibility index (Phi) is 6.35. The summed E-state index contributed by atoms with van der Waals surface area (Å²) in [5, 5.41) is 3.04. The molecule has 5 nitrogen and oxygen atoms in total. The van der Waals surface area contributed by atoms with Crippen LogP contribution in [-0.4, -0.2) is 41.4 Å². The number of nitrogens with one attached hydrogen (secondary N) is 1. The van der Waals surface area contributed by atoms with Crippen molar-refractivity contribution in [2.45, 2.75) is 89.2 Å². The molecule has 0 radical (unpaired) electrons. The number of hydrogen-bond donors (Lipinski definition) is 1. The summed E-state index contributed by atoms with van der Waals surface area (Å²) < 4.78 is 6.55. The summed E-state index contributed by atoms with van der Waals surface area (Å²) in [7, 11) is 0. The minimum atomic E-state index is -0.263. The van der Waals surface area contributed by atoms with E-state index in [1.807, 2.05) is 36.9 Å².